The van der Waals surface area contributed by atoms with Gasteiger partial charge >= 0.3 is 0 Å². The van der Waals surface area contributed by atoms with Gasteiger partial charge in [0, 0.05) is 21.9 Å². The smallest absolute Gasteiger partial charge is 0.0343 e. The predicted octanol–water partition coefficient (Wildman–Crippen LogP) is 6.10. The molecule has 21 heavy (non-hydrogen) atoms. The molecule has 0 spiro atoms. The third kappa shape index (κ3) is 4.42. The van der Waals surface area contributed by atoms with Gasteiger partial charge in [-0.05, 0) is 68.2 Å². The Morgan fingerprint density at radius 1 is 0.952 bits per heavy atom. The third-order valence-corrected chi connectivity index (χ3v) is 6.52. The zero-order chi connectivity index (χ0) is 14.7. The van der Waals surface area contributed by atoms with Gasteiger partial charge in [-0.2, -0.15) is 0 Å². The summed E-state index contributed by atoms with van der Waals surface area (Å²) in [6.07, 6.45) is 11.0. The zero-order valence-electron chi connectivity index (χ0n) is 13.5. The third-order valence-electron chi connectivity index (χ3n) is 5.17. The molecule has 0 atom stereocenters. The largest absolute Gasteiger partial charge is 0.382 e. The topological polar surface area (TPSA) is 12.0 Å². The lowest BCUT2D eigenvalue weighted by atomic mass is 9.75. The van der Waals surface area contributed by atoms with Crippen molar-refractivity contribution in [3.63, 3.8) is 0 Å². The van der Waals surface area contributed by atoms with Crippen LogP contribution in [0.1, 0.15) is 65.2 Å². The Morgan fingerprint density at radius 3 is 2.19 bits per heavy atom. The average molecular weight is 304 g/mol. The summed E-state index contributed by atoms with van der Waals surface area (Å²) in [5, 5.41) is 4.60. The quantitative estimate of drug-likeness (QED) is 0.721. The van der Waals surface area contributed by atoms with Gasteiger partial charge in [-0.1, -0.05) is 26.7 Å². The molecule has 0 aromatic heterocycles. The van der Waals surface area contributed by atoms with Gasteiger partial charge in [0.05, 0.1) is 0 Å². The fourth-order valence-electron chi connectivity index (χ4n) is 3.61. The second kappa shape index (κ2) is 6.64. The molecule has 2 aliphatic carbocycles. The van der Waals surface area contributed by atoms with Gasteiger partial charge in [0.1, 0.15) is 0 Å². The van der Waals surface area contributed by atoms with E-state index in [1.807, 2.05) is 0 Å². The molecule has 2 heteroatoms. The van der Waals surface area contributed by atoms with Crippen molar-refractivity contribution >= 4 is 17.4 Å². The molecule has 0 heterocycles. The van der Waals surface area contributed by atoms with Gasteiger partial charge in [-0.3, -0.25) is 0 Å². The molecule has 3 rings (SSSR count). The van der Waals surface area contributed by atoms with E-state index in [1.165, 1.54) is 61.9 Å². The van der Waals surface area contributed by atoms with E-state index in [2.05, 4.69) is 55.2 Å². The van der Waals surface area contributed by atoms with Crippen LogP contribution >= 0.6 is 11.8 Å². The highest BCUT2D eigenvalue weighted by molar-refractivity contribution is 8.00. The van der Waals surface area contributed by atoms with Gasteiger partial charge in [0.25, 0.3) is 0 Å². The molecule has 1 aromatic rings. The minimum absolute atomic E-state index is 0.556. The Hall–Kier alpha value is -0.630. The molecule has 2 aliphatic rings. The fourth-order valence-corrected chi connectivity index (χ4v) is 4.85. The van der Waals surface area contributed by atoms with Crippen molar-refractivity contribution in [2.75, 3.05) is 5.32 Å². The summed E-state index contributed by atoms with van der Waals surface area (Å²) >= 11 is 2.08. The molecule has 1 N–H and O–H groups in total. The minimum atomic E-state index is 0.556. The standard InChI is InChI=1S/C19H29NS/c1-19(2)13-11-16(12-14-19)20-15-7-9-18(10-8-15)21-17-5-3-4-6-17/h7-10,16-17,20H,3-6,11-14H2,1-2H3. The van der Waals surface area contributed by atoms with E-state index in [9.17, 15) is 0 Å². The fraction of sp³-hybridized carbons (Fsp3) is 0.684. The zero-order valence-corrected chi connectivity index (χ0v) is 14.3. The predicted molar refractivity (Wildman–Crippen MR) is 94.2 cm³/mol. The van der Waals surface area contributed by atoms with Crippen LogP contribution in [0.4, 0.5) is 5.69 Å². The van der Waals surface area contributed by atoms with Crippen LogP contribution in [-0.4, -0.2) is 11.3 Å². The summed E-state index contributed by atoms with van der Waals surface area (Å²) < 4.78 is 0. The van der Waals surface area contributed by atoms with E-state index in [1.54, 1.807) is 0 Å². The van der Waals surface area contributed by atoms with Crippen molar-refractivity contribution in [3.05, 3.63) is 24.3 Å². The van der Waals surface area contributed by atoms with Crippen molar-refractivity contribution < 1.29 is 0 Å². The molecule has 2 fully saturated rings. The first-order chi connectivity index (χ1) is 10.1. The molecule has 116 valence electrons. The van der Waals surface area contributed by atoms with Gasteiger partial charge in [-0.25, -0.2) is 0 Å². The number of hydrogen-bond donors (Lipinski definition) is 1. The molecule has 0 unspecified atom stereocenters. The normalized spacial score (nSPS) is 23.3. The van der Waals surface area contributed by atoms with Crippen LogP contribution in [-0.2, 0) is 0 Å². The minimum Gasteiger partial charge on any atom is -0.382 e. The van der Waals surface area contributed by atoms with Crippen LogP contribution in [0.15, 0.2) is 29.2 Å². The molecule has 0 saturated heterocycles. The number of rotatable bonds is 4. The lowest BCUT2D eigenvalue weighted by molar-refractivity contribution is 0.232. The first-order valence-corrected chi connectivity index (χ1v) is 9.52. The molecule has 0 amide bonds. The lowest BCUT2D eigenvalue weighted by Crippen LogP contribution is -2.29. The lowest BCUT2D eigenvalue weighted by Gasteiger charge is -2.35. The van der Waals surface area contributed by atoms with Crippen molar-refractivity contribution in [2.45, 2.75) is 81.4 Å². The van der Waals surface area contributed by atoms with Crippen LogP contribution in [0.25, 0.3) is 0 Å². The number of nitrogens with one attached hydrogen (secondary N) is 1. The number of thioether (sulfide) groups is 1. The second-order valence-corrected chi connectivity index (χ2v) is 9.01. The van der Waals surface area contributed by atoms with Crippen LogP contribution < -0.4 is 5.32 Å². The van der Waals surface area contributed by atoms with Gasteiger partial charge < -0.3 is 5.32 Å². The summed E-state index contributed by atoms with van der Waals surface area (Å²) in [4.78, 5) is 1.44. The Bertz CT molecular complexity index is 435. The molecule has 1 aromatic carbocycles. The SMILES string of the molecule is CC1(C)CCC(Nc2ccc(SC3CCCC3)cc2)CC1. The molecule has 2 saturated carbocycles. The van der Waals surface area contributed by atoms with Crippen molar-refractivity contribution in [3.8, 4) is 0 Å². The Balaban J connectivity index is 1.50. The molecule has 0 bridgehead atoms. The van der Waals surface area contributed by atoms with E-state index in [0.29, 0.717) is 11.5 Å². The van der Waals surface area contributed by atoms with E-state index in [-0.39, 0.29) is 0 Å². The maximum absolute atomic E-state index is 3.73. The first kappa shape index (κ1) is 15.3. The Labute approximate surface area is 134 Å². The van der Waals surface area contributed by atoms with Crippen LogP contribution in [0, 0.1) is 5.41 Å². The van der Waals surface area contributed by atoms with E-state index < -0.39 is 0 Å². The number of hydrogen-bond acceptors (Lipinski definition) is 2. The van der Waals surface area contributed by atoms with E-state index in [0.717, 1.165) is 5.25 Å². The second-order valence-electron chi connectivity index (χ2n) is 7.63. The van der Waals surface area contributed by atoms with Crippen LogP contribution in [0.5, 0.6) is 0 Å². The van der Waals surface area contributed by atoms with E-state index in [4.69, 9.17) is 0 Å². The molecule has 0 aliphatic heterocycles. The van der Waals surface area contributed by atoms with Gasteiger partial charge in [0.2, 0.25) is 0 Å². The van der Waals surface area contributed by atoms with E-state index >= 15 is 0 Å². The highest BCUT2D eigenvalue weighted by Crippen LogP contribution is 2.37. The summed E-state index contributed by atoms with van der Waals surface area (Å²) in [6, 6.07) is 9.83. The Kier molecular flexibility index (Phi) is 4.83. The number of benzene rings is 1. The average Bonchev–Trinajstić information content (AvgIpc) is 2.96. The Morgan fingerprint density at radius 2 is 1.57 bits per heavy atom. The van der Waals surface area contributed by atoms with Crippen molar-refractivity contribution in [1.29, 1.82) is 0 Å². The van der Waals surface area contributed by atoms with Gasteiger partial charge in [-0.15, -0.1) is 11.8 Å². The first-order valence-electron chi connectivity index (χ1n) is 8.64. The van der Waals surface area contributed by atoms with Crippen LogP contribution in [0.3, 0.4) is 0 Å². The monoisotopic (exact) mass is 303 g/mol. The molecule has 0 radical (unpaired) electrons. The highest BCUT2D eigenvalue weighted by atomic mass is 32.2. The van der Waals surface area contributed by atoms with Gasteiger partial charge in [0.15, 0.2) is 0 Å². The summed E-state index contributed by atoms with van der Waals surface area (Å²) in [5.41, 5.74) is 1.86. The highest BCUT2D eigenvalue weighted by Gasteiger charge is 2.26. The molecular formula is C19H29NS. The summed E-state index contributed by atoms with van der Waals surface area (Å²) in [6.45, 7) is 4.80. The maximum Gasteiger partial charge on any atom is 0.0343 e. The summed E-state index contributed by atoms with van der Waals surface area (Å²) in [5.74, 6) is 0. The number of anilines is 1. The van der Waals surface area contributed by atoms with Crippen molar-refractivity contribution in [1.82, 2.24) is 0 Å². The summed E-state index contributed by atoms with van der Waals surface area (Å²) in [7, 11) is 0. The van der Waals surface area contributed by atoms with Crippen molar-refractivity contribution in [2.24, 2.45) is 5.41 Å². The van der Waals surface area contributed by atoms with Crippen LogP contribution in [0.2, 0.25) is 0 Å². The maximum atomic E-state index is 3.73. The molecule has 1 nitrogen and oxygen atoms in total. The molecular weight excluding hydrogens is 274 g/mol.